The Bertz CT molecular complexity index is 1070. The number of carbonyl (C=O) groups is 1. The molecule has 0 radical (unpaired) electrons. The molecule has 5 heteroatoms. The molecule has 30 heavy (non-hydrogen) atoms. The molecule has 0 aromatic heterocycles. The zero-order chi connectivity index (χ0) is 20.9. The average Bonchev–Trinajstić information content (AvgIpc) is 2.78. The van der Waals surface area contributed by atoms with Crippen molar-refractivity contribution >= 4 is 11.7 Å². The number of rotatable bonds is 5. The monoisotopic (exact) mass is 401 g/mol. The van der Waals surface area contributed by atoms with Crippen molar-refractivity contribution in [1.82, 2.24) is 0 Å². The van der Waals surface area contributed by atoms with Gasteiger partial charge in [-0.05, 0) is 85.8 Å². The molecule has 1 aliphatic rings. The van der Waals surface area contributed by atoms with Crippen LogP contribution in [-0.2, 0) is 11.3 Å². The second kappa shape index (κ2) is 8.82. The predicted octanol–water partition coefficient (Wildman–Crippen LogP) is 5.69. The zero-order valence-corrected chi connectivity index (χ0v) is 17.1. The normalized spacial score (nSPS) is 14.1. The molecule has 0 N–H and O–H groups in total. The highest BCUT2D eigenvalue weighted by atomic mass is 16.7. The van der Waals surface area contributed by atoms with E-state index in [2.05, 4.69) is 11.2 Å². The first-order valence-corrected chi connectivity index (χ1v) is 9.93. The van der Waals surface area contributed by atoms with Crippen LogP contribution in [0, 0.1) is 6.92 Å². The summed E-state index contributed by atoms with van der Waals surface area (Å²) in [6.07, 6.45) is 2.69. The third kappa shape index (κ3) is 4.35. The molecule has 152 valence electrons. The number of benzene rings is 3. The molecule has 0 saturated carbocycles. The van der Waals surface area contributed by atoms with Crippen LogP contribution in [0.25, 0.3) is 0 Å². The highest BCUT2D eigenvalue weighted by molar-refractivity contribution is 6.03. The average molecular weight is 401 g/mol. The number of ether oxygens (including phenoxy) is 2. The van der Waals surface area contributed by atoms with Gasteiger partial charge < -0.3 is 14.3 Å². The molecular formula is C25H23NO4. The second-order valence-electron chi connectivity index (χ2n) is 7.19. The fraction of sp³-hybridized carbons (Fsp3) is 0.200. The van der Waals surface area contributed by atoms with Crippen LogP contribution in [0.1, 0.15) is 39.9 Å². The Hall–Kier alpha value is -3.60. The lowest BCUT2D eigenvalue weighted by molar-refractivity contribution is 0.0515. The van der Waals surface area contributed by atoms with Gasteiger partial charge in [0.2, 0.25) is 0 Å². The van der Waals surface area contributed by atoms with Crippen molar-refractivity contribution < 1.29 is 19.1 Å². The number of hydrogen-bond acceptors (Lipinski definition) is 5. The number of oxime groups is 1. The Labute approximate surface area is 175 Å². The molecule has 0 fully saturated rings. The fourth-order valence-corrected chi connectivity index (χ4v) is 3.53. The largest absolute Gasteiger partial charge is 0.496 e. The number of aryl methyl sites for hydroxylation is 2. The summed E-state index contributed by atoms with van der Waals surface area (Å²) in [7, 11) is 1.67. The van der Waals surface area contributed by atoms with Crippen molar-refractivity contribution in [2.45, 2.75) is 26.2 Å². The predicted molar refractivity (Wildman–Crippen MR) is 116 cm³/mol. The van der Waals surface area contributed by atoms with Crippen molar-refractivity contribution in [2.24, 2.45) is 5.16 Å². The Morgan fingerprint density at radius 1 is 0.933 bits per heavy atom. The molecule has 1 aliphatic carbocycles. The molecule has 0 bridgehead atoms. The van der Waals surface area contributed by atoms with Gasteiger partial charge in [0.15, 0.2) is 0 Å². The highest BCUT2D eigenvalue weighted by Crippen LogP contribution is 2.29. The van der Waals surface area contributed by atoms with Gasteiger partial charge in [0, 0.05) is 5.56 Å². The fourth-order valence-electron chi connectivity index (χ4n) is 3.53. The quantitative estimate of drug-likeness (QED) is 0.407. The molecule has 0 atom stereocenters. The summed E-state index contributed by atoms with van der Waals surface area (Å²) in [6, 6.07) is 20.4. The van der Waals surface area contributed by atoms with Crippen molar-refractivity contribution in [3.05, 3.63) is 89.0 Å². The molecule has 0 heterocycles. The Kier molecular flexibility index (Phi) is 5.80. The molecule has 0 amide bonds. The number of para-hydroxylation sites is 1. The Morgan fingerprint density at radius 3 is 2.40 bits per heavy atom. The van der Waals surface area contributed by atoms with E-state index in [-0.39, 0.29) is 0 Å². The molecule has 0 spiro atoms. The molecule has 5 nitrogen and oxygen atoms in total. The van der Waals surface area contributed by atoms with Gasteiger partial charge in [-0.1, -0.05) is 23.4 Å². The first-order chi connectivity index (χ1) is 14.6. The standard InChI is InChI=1S/C25H23NO4/c1-17-15-22-19(16-24(17)28-2)7-6-10-23(22)26-30-25(27)18-11-13-21(14-12-18)29-20-8-4-3-5-9-20/h3-5,8-9,11-16H,6-7,10H2,1-2H3/b26-23+. The number of carbonyl (C=O) groups excluding carboxylic acids is 1. The van der Waals surface area contributed by atoms with Crippen LogP contribution in [0.5, 0.6) is 17.2 Å². The van der Waals surface area contributed by atoms with E-state index in [1.54, 1.807) is 31.4 Å². The maximum absolute atomic E-state index is 12.4. The van der Waals surface area contributed by atoms with Gasteiger partial charge in [-0.2, -0.15) is 0 Å². The maximum atomic E-state index is 12.4. The zero-order valence-electron chi connectivity index (χ0n) is 17.1. The molecule has 3 aromatic carbocycles. The van der Waals surface area contributed by atoms with Gasteiger partial charge in [-0.25, -0.2) is 4.79 Å². The number of methoxy groups -OCH3 is 1. The molecule has 0 saturated heterocycles. The van der Waals surface area contributed by atoms with Gasteiger partial charge in [-0.15, -0.1) is 0 Å². The van der Waals surface area contributed by atoms with Crippen LogP contribution in [0.15, 0.2) is 71.9 Å². The summed E-state index contributed by atoms with van der Waals surface area (Å²) in [5.41, 5.74) is 4.44. The van der Waals surface area contributed by atoms with Crippen LogP contribution in [-0.4, -0.2) is 18.8 Å². The minimum Gasteiger partial charge on any atom is -0.496 e. The van der Waals surface area contributed by atoms with Gasteiger partial charge in [0.05, 0.1) is 18.4 Å². The van der Waals surface area contributed by atoms with E-state index < -0.39 is 5.97 Å². The molecule has 0 unspecified atom stereocenters. The van der Waals surface area contributed by atoms with Crippen molar-refractivity contribution in [3.63, 3.8) is 0 Å². The van der Waals surface area contributed by atoms with Crippen LogP contribution in [0.3, 0.4) is 0 Å². The lowest BCUT2D eigenvalue weighted by atomic mass is 9.88. The van der Waals surface area contributed by atoms with Gasteiger partial charge in [-0.3, -0.25) is 0 Å². The SMILES string of the molecule is COc1cc2c(cc1C)/C(=N/OC(=O)c1ccc(Oc3ccccc3)cc1)CCC2. The summed E-state index contributed by atoms with van der Waals surface area (Å²) in [5, 5.41) is 4.18. The van der Waals surface area contributed by atoms with E-state index in [1.165, 1.54) is 5.56 Å². The third-order valence-corrected chi connectivity index (χ3v) is 5.10. The number of fused-ring (bicyclic) bond motifs is 1. The molecule has 4 rings (SSSR count). The van der Waals surface area contributed by atoms with Crippen LogP contribution in [0.4, 0.5) is 0 Å². The van der Waals surface area contributed by atoms with E-state index in [1.807, 2.05) is 43.3 Å². The van der Waals surface area contributed by atoms with Gasteiger partial charge >= 0.3 is 5.97 Å². The second-order valence-corrected chi connectivity index (χ2v) is 7.19. The summed E-state index contributed by atoms with van der Waals surface area (Å²) in [5.74, 6) is 1.76. The van der Waals surface area contributed by atoms with E-state index in [0.717, 1.165) is 47.6 Å². The van der Waals surface area contributed by atoms with E-state index in [9.17, 15) is 4.79 Å². The van der Waals surface area contributed by atoms with E-state index >= 15 is 0 Å². The first kappa shape index (κ1) is 19.7. The van der Waals surface area contributed by atoms with Crippen molar-refractivity contribution in [1.29, 1.82) is 0 Å². The smallest absolute Gasteiger partial charge is 0.365 e. The minimum atomic E-state index is -0.494. The number of hydrogen-bond donors (Lipinski definition) is 0. The molecule has 0 aliphatic heterocycles. The molecular weight excluding hydrogens is 378 g/mol. The van der Waals surface area contributed by atoms with Gasteiger partial charge in [0.1, 0.15) is 17.2 Å². The third-order valence-electron chi connectivity index (χ3n) is 5.10. The van der Waals surface area contributed by atoms with Crippen molar-refractivity contribution in [2.75, 3.05) is 7.11 Å². The summed E-state index contributed by atoms with van der Waals surface area (Å²) >= 11 is 0. The lowest BCUT2D eigenvalue weighted by Crippen LogP contribution is -2.14. The minimum absolute atomic E-state index is 0.418. The van der Waals surface area contributed by atoms with Crippen LogP contribution < -0.4 is 9.47 Å². The summed E-state index contributed by atoms with van der Waals surface area (Å²) in [4.78, 5) is 17.7. The van der Waals surface area contributed by atoms with E-state index in [4.69, 9.17) is 14.3 Å². The van der Waals surface area contributed by atoms with Crippen LogP contribution in [0.2, 0.25) is 0 Å². The maximum Gasteiger partial charge on any atom is 0.365 e. The summed E-state index contributed by atoms with van der Waals surface area (Å²) in [6.45, 7) is 2.00. The topological polar surface area (TPSA) is 57.1 Å². The molecule has 3 aromatic rings. The number of nitrogens with zero attached hydrogens (tertiary/aromatic N) is 1. The van der Waals surface area contributed by atoms with Crippen LogP contribution >= 0.6 is 0 Å². The summed E-state index contributed by atoms with van der Waals surface area (Å²) < 4.78 is 11.2. The Morgan fingerprint density at radius 2 is 1.67 bits per heavy atom. The van der Waals surface area contributed by atoms with E-state index in [0.29, 0.717) is 11.3 Å². The lowest BCUT2D eigenvalue weighted by Gasteiger charge is -2.19. The van der Waals surface area contributed by atoms with Crippen molar-refractivity contribution in [3.8, 4) is 17.2 Å². The first-order valence-electron chi connectivity index (χ1n) is 9.93. The van der Waals surface area contributed by atoms with Gasteiger partial charge in [0.25, 0.3) is 0 Å². The Balaban J connectivity index is 1.46. The highest BCUT2D eigenvalue weighted by Gasteiger charge is 2.19.